The van der Waals surface area contributed by atoms with Crippen molar-refractivity contribution in [1.29, 1.82) is 0 Å². The number of ether oxygens (including phenoxy) is 1. The topological polar surface area (TPSA) is 67.8 Å². The van der Waals surface area contributed by atoms with E-state index >= 15 is 0 Å². The number of alkyl halides is 3. The van der Waals surface area contributed by atoms with Gasteiger partial charge in [-0.05, 0) is 58.4 Å². The lowest BCUT2D eigenvalue weighted by Crippen LogP contribution is -2.31. The molecule has 3 aromatic carbocycles. The van der Waals surface area contributed by atoms with Gasteiger partial charge in [-0.3, -0.25) is 4.79 Å². The number of rotatable bonds is 6. The third kappa shape index (κ3) is 5.30. The summed E-state index contributed by atoms with van der Waals surface area (Å²) < 4.78 is 46.1. The van der Waals surface area contributed by atoms with Crippen molar-refractivity contribution in [2.75, 3.05) is 5.32 Å². The average Bonchev–Trinajstić information content (AvgIpc) is 3.13. The van der Waals surface area contributed by atoms with Crippen LogP contribution >= 0.6 is 0 Å². The van der Waals surface area contributed by atoms with Crippen molar-refractivity contribution in [1.82, 2.24) is 0 Å². The molecule has 0 aromatic heterocycles. The molecule has 3 aromatic rings. The van der Waals surface area contributed by atoms with Gasteiger partial charge in [-0.2, -0.15) is 0 Å². The van der Waals surface area contributed by atoms with E-state index < -0.39 is 13.5 Å². The van der Waals surface area contributed by atoms with Crippen molar-refractivity contribution >= 4 is 24.2 Å². The lowest BCUT2D eigenvalue weighted by molar-refractivity contribution is -0.274. The number of fused-ring (bicyclic) bond motifs is 1. The summed E-state index contributed by atoms with van der Waals surface area (Å²) >= 11 is 0. The molecule has 0 bridgehead atoms. The van der Waals surface area contributed by atoms with Gasteiger partial charge in [-0.15, -0.1) is 13.2 Å². The van der Waals surface area contributed by atoms with Gasteiger partial charge in [0, 0.05) is 12.1 Å². The number of amides is 1. The molecule has 1 aliphatic rings. The zero-order valence-electron chi connectivity index (χ0n) is 16.9. The Hall–Kier alpha value is -3.30. The highest BCUT2D eigenvalue weighted by atomic mass is 19.4. The molecule has 1 aliphatic heterocycles. The number of aryl methyl sites for hydroxylation is 1. The van der Waals surface area contributed by atoms with Gasteiger partial charge in [0.05, 0.1) is 6.61 Å². The molecule has 164 valence electrons. The second kappa shape index (κ2) is 9.06. The molecule has 0 unspecified atom stereocenters. The van der Waals surface area contributed by atoms with E-state index in [9.17, 15) is 23.0 Å². The van der Waals surface area contributed by atoms with Crippen LogP contribution in [0.3, 0.4) is 0 Å². The number of hydrogen-bond acceptors (Lipinski definition) is 4. The summed E-state index contributed by atoms with van der Waals surface area (Å²) in [5.74, 6) is -0.490. The second-order valence-electron chi connectivity index (χ2n) is 7.35. The third-order valence-corrected chi connectivity index (χ3v) is 5.12. The molecule has 0 aliphatic carbocycles. The number of nitrogens with one attached hydrogen (secondary N) is 1. The monoisotopic (exact) mass is 441 g/mol. The minimum atomic E-state index is -4.74. The first-order valence-corrected chi connectivity index (χ1v) is 9.95. The van der Waals surface area contributed by atoms with Crippen LogP contribution in [-0.4, -0.2) is 24.4 Å². The van der Waals surface area contributed by atoms with Gasteiger partial charge in [-0.1, -0.05) is 42.5 Å². The van der Waals surface area contributed by atoms with Gasteiger partial charge >= 0.3 is 13.5 Å². The van der Waals surface area contributed by atoms with Gasteiger partial charge in [0.1, 0.15) is 5.75 Å². The highest BCUT2D eigenvalue weighted by Gasteiger charge is 2.31. The zero-order chi connectivity index (χ0) is 22.7. The number of hydrogen-bond donors (Lipinski definition) is 2. The smallest absolute Gasteiger partial charge is 0.423 e. The zero-order valence-corrected chi connectivity index (χ0v) is 16.9. The van der Waals surface area contributed by atoms with Crippen LogP contribution in [0.4, 0.5) is 18.9 Å². The predicted octanol–water partition coefficient (Wildman–Crippen LogP) is 4.04. The average molecular weight is 441 g/mol. The molecular formula is C23H19BF3NO4. The summed E-state index contributed by atoms with van der Waals surface area (Å²) in [5.41, 5.74) is 4.53. The van der Waals surface area contributed by atoms with Gasteiger partial charge < -0.3 is 19.7 Å². The minimum absolute atomic E-state index is 0.193. The molecule has 1 amide bonds. The van der Waals surface area contributed by atoms with Crippen LogP contribution in [0, 0.1) is 0 Å². The van der Waals surface area contributed by atoms with E-state index in [4.69, 9.17) is 4.65 Å². The van der Waals surface area contributed by atoms with Crippen LogP contribution in [0.15, 0.2) is 66.7 Å². The van der Waals surface area contributed by atoms with Crippen LogP contribution < -0.4 is 15.5 Å². The summed E-state index contributed by atoms with van der Waals surface area (Å²) in [5, 5.41) is 12.8. The Kier molecular flexibility index (Phi) is 6.20. The Morgan fingerprint density at radius 3 is 2.56 bits per heavy atom. The highest BCUT2D eigenvalue weighted by Crippen LogP contribution is 2.28. The van der Waals surface area contributed by atoms with Crippen molar-refractivity contribution in [2.45, 2.75) is 25.8 Å². The summed E-state index contributed by atoms with van der Waals surface area (Å²) in [6.45, 7) is 0.354. The van der Waals surface area contributed by atoms with E-state index in [1.165, 1.54) is 24.3 Å². The van der Waals surface area contributed by atoms with Gasteiger partial charge in [0.25, 0.3) is 0 Å². The van der Waals surface area contributed by atoms with E-state index in [2.05, 4.69) is 10.1 Å². The van der Waals surface area contributed by atoms with E-state index in [1.54, 1.807) is 24.3 Å². The second-order valence-corrected chi connectivity index (χ2v) is 7.35. The quantitative estimate of drug-likeness (QED) is 0.567. The van der Waals surface area contributed by atoms with Crippen LogP contribution in [0.5, 0.6) is 5.75 Å². The first-order valence-electron chi connectivity index (χ1n) is 9.95. The molecule has 0 saturated heterocycles. The number of halogens is 3. The summed E-state index contributed by atoms with van der Waals surface area (Å²) in [6.07, 6.45) is -4.07. The van der Waals surface area contributed by atoms with Crippen LogP contribution in [0.25, 0.3) is 11.1 Å². The molecule has 4 rings (SSSR count). The molecule has 9 heteroatoms. The van der Waals surface area contributed by atoms with Crippen LogP contribution in [0.1, 0.15) is 17.5 Å². The van der Waals surface area contributed by atoms with Gasteiger partial charge in [-0.25, -0.2) is 0 Å². The largest absolute Gasteiger partial charge is 0.573 e. The number of carbonyl (C=O) groups excluding carboxylic acids is 1. The molecule has 0 spiro atoms. The Bertz CT molecular complexity index is 1120. The third-order valence-electron chi connectivity index (χ3n) is 5.12. The van der Waals surface area contributed by atoms with Crippen molar-refractivity contribution in [2.24, 2.45) is 0 Å². The fourth-order valence-electron chi connectivity index (χ4n) is 3.68. The van der Waals surface area contributed by atoms with E-state index in [0.717, 1.165) is 22.2 Å². The van der Waals surface area contributed by atoms with Gasteiger partial charge in [0.15, 0.2) is 0 Å². The van der Waals surface area contributed by atoms with Crippen LogP contribution in [-0.2, 0) is 22.5 Å². The maximum Gasteiger partial charge on any atom is 0.573 e. The SMILES string of the molecule is O=C(CCc1cccc2c1B(O)OC2)Nc1cccc(-c2ccc(OC(F)(F)F)cc2)c1. The van der Waals surface area contributed by atoms with E-state index in [0.29, 0.717) is 24.3 Å². The minimum Gasteiger partial charge on any atom is -0.423 e. The number of carbonyl (C=O) groups is 1. The number of anilines is 1. The Labute approximate surface area is 182 Å². The summed E-state index contributed by atoms with van der Waals surface area (Å²) in [6, 6.07) is 18.2. The Morgan fingerprint density at radius 2 is 1.81 bits per heavy atom. The van der Waals surface area contributed by atoms with Crippen LogP contribution in [0.2, 0.25) is 0 Å². The normalized spacial score (nSPS) is 13.1. The fraction of sp³-hybridized carbons (Fsp3) is 0.174. The van der Waals surface area contributed by atoms with Crippen molar-refractivity contribution < 1.29 is 32.4 Å². The Morgan fingerprint density at radius 1 is 1.06 bits per heavy atom. The first-order chi connectivity index (χ1) is 15.3. The highest BCUT2D eigenvalue weighted by molar-refractivity contribution is 6.62. The molecule has 2 N–H and O–H groups in total. The standard InChI is InChI=1S/C23H19BF3NO4/c25-23(26,27)32-20-10-7-15(8-11-20)17-4-2-6-19(13-17)28-21(29)12-9-16-3-1-5-18-14-31-24(30)22(16)18/h1-8,10-11,13,30H,9,12,14H2,(H,28,29). The molecule has 0 radical (unpaired) electrons. The molecule has 0 atom stereocenters. The molecule has 32 heavy (non-hydrogen) atoms. The first kappa shape index (κ1) is 21.9. The van der Waals surface area contributed by atoms with E-state index in [1.807, 2.05) is 18.2 Å². The van der Waals surface area contributed by atoms with Crippen molar-refractivity contribution in [3.05, 3.63) is 77.9 Å². The van der Waals surface area contributed by atoms with E-state index in [-0.39, 0.29) is 18.1 Å². The maximum atomic E-state index is 12.5. The molecular weight excluding hydrogens is 422 g/mol. The summed E-state index contributed by atoms with van der Waals surface area (Å²) in [4.78, 5) is 12.5. The lowest BCUT2D eigenvalue weighted by atomic mass is 9.75. The Balaban J connectivity index is 1.39. The lowest BCUT2D eigenvalue weighted by Gasteiger charge is -2.11. The van der Waals surface area contributed by atoms with Crippen molar-refractivity contribution in [3.63, 3.8) is 0 Å². The predicted molar refractivity (Wildman–Crippen MR) is 114 cm³/mol. The molecule has 0 fully saturated rings. The summed E-state index contributed by atoms with van der Waals surface area (Å²) in [7, 11) is -0.964. The fourth-order valence-corrected chi connectivity index (χ4v) is 3.68. The molecule has 1 heterocycles. The maximum absolute atomic E-state index is 12.5. The van der Waals surface area contributed by atoms with Crippen molar-refractivity contribution in [3.8, 4) is 16.9 Å². The number of benzene rings is 3. The molecule has 5 nitrogen and oxygen atoms in total. The van der Waals surface area contributed by atoms with Gasteiger partial charge in [0.2, 0.25) is 5.91 Å². The molecule has 0 saturated carbocycles.